The number of amides is 1. The summed E-state index contributed by atoms with van der Waals surface area (Å²) < 4.78 is 5.29. The van der Waals surface area contributed by atoms with E-state index in [1.807, 2.05) is 49.3 Å². The van der Waals surface area contributed by atoms with Crippen LogP contribution in [0.3, 0.4) is 0 Å². The van der Waals surface area contributed by atoms with Crippen molar-refractivity contribution in [3.8, 4) is 0 Å². The third-order valence-corrected chi connectivity index (χ3v) is 3.53. The molecule has 23 heavy (non-hydrogen) atoms. The van der Waals surface area contributed by atoms with Gasteiger partial charge in [-0.15, -0.1) is 0 Å². The van der Waals surface area contributed by atoms with Gasteiger partial charge in [-0.05, 0) is 5.56 Å². The lowest BCUT2D eigenvalue weighted by Gasteiger charge is -2.21. The van der Waals surface area contributed by atoms with Gasteiger partial charge in [0, 0.05) is 21.1 Å². The number of hydrogen-bond donors (Lipinski definition) is 0. The minimum Gasteiger partial charge on any atom is -0.445 e. The van der Waals surface area contributed by atoms with Crippen molar-refractivity contribution < 1.29 is 9.53 Å². The Morgan fingerprint density at radius 3 is 2.52 bits per heavy atom. The van der Waals surface area contributed by atoms with E-state index < -0.39 is 6.09 Å². The van der Waals surface area contributed by atoms with Crippen molar-refractivity contribution in [2.75, 3.05) is 26.0 Å². The van der Waals surface area contributed by atoms with E-state index in [0.717, 1.165) is 5.56 Å². The number of rotatable bonds is 5. The Morgan fingerprint density at radius 2 is 1.87 bits per heavy atom. The molecule has 1 heterocycles. The summed E-state index contributed by atoms with van der Waals surface area (Å²) in [4.78, 5) is 23.6. The first-order chi connectivity index (χ1) is 11.0. The van der Waals surface area contributed by atoms with Crippen molar-refractivity contribution in [1.82, 2.24) is 14.9 Å². The number of ether oxygens (including phenoxy) is 1. The molecular weight excluding hydrogens is 316 g/mol. The van der Waals surface area contributed by atoms with Crippen LogP contribution >= 0.6 is 11.6 Å². The van der Waals surface area contributed by atoms with E-state index in [0.29, 0.717) is 16.5 Å². The van der Waals surface area contributed by atoms with Crippen molar-refractivity contribution in [2.45, 2.75) is 13.2 Å². The highest BCUT2D eigenvalue weighted by molar-refractivity contribution is 6.30. The number of hydrogen-bond acceptors (Lipinski definition) is 5. The highest BCUT2D eigenvalue weighted by Crippen LogP contribution is 2.23. The fourth-order valence-corrected chi connectivity index (χ4v) is 2.22. The second-order valence-corrected chi connectivity index (χ2v) is 5.62. The summed E-state index contributed by atoms with van der Waals surface area (Å²) >= 11 is 6.14. The number of carbonyl (C=O) groups is 1. The maximum absolute atomic E-state index is 12.1. The van der Waals surface area contributed by atoms with Gasteiger partial charge in [0.2, 0.25) is 0 Å². The molecule has 6 nitrogen and oxygen atoms in total. The average molecular weight is 335 g/mol. The third kappa shape index (κ3) is 4.56. The average Bonchev–Trinajstić information content (AvgIpc) is 2.55. The third-order valence-electron chi connectivity index (χ3n) is 3.21. The quantitative estimate of drug-likeness (QED) is 0.787. The standard InChI is InChI=1S/C16H19ClN4O2/c1-20(2)15-13(14(17)18-11-19-15)9-21(3)16(22)23-10-12-7-5-4-6-8-12/h4-8,11H,9-10H2,1-3H3. The topological polar surface area (TPSA) is 58.6 Å². The van der Waals surface area contributed by atoms with Crippen LogP contribution in [0.25, 0.3) is 0 Å². The molecule has 0 aliphatic heterocycles. The highest BCUT2D eigenvalue weighted by atomic mass is 35.5. The molecule has 122 valence electrons. The van der Waals surface area contributed by atoms with Gasteiger partial charge in [-0.3, -0.25) is 0 Å². The highest BCUT2D eigenvalue weighted by Gasteiger charge is 2.17. The van der Waals surface area contributed by atoms with Gasteiger partial charge < -0.3 is 14.5 Å². The smallest absolute Gasteiger partial charge is 0.410 e. The van der Waals surface area contributed by atoms with E-state index in [1.54, 1.807) is 7.05 Å². The molecule has 0 saturated carbocycles. The number of anilines is 1. The van der Waals surface area contributed by atoms with Gasteiger partial charge in [-0.2, -0.15) is 0 Å². The second-order valence-electron chi connectivity index (χ2n) is 5.26. The van der Waals surface area contributed by atoms with Crippen LogP contribution in [0.15, 0.2) is 36.7 Å². The molecule has 0 radical (unpaired) electrons. The summed E-state index contributed by atoms with van der Waals surface area (Å²) in [5.41, 5.74) is 1.61. The van der Waals surface area contributed by atoms with E-state index in [9.17, 15) is 4.79 Å². The summed E-state index contributed by atoms with van der Waals surface area (Å²) in [5.74, 6) is 0.674. The predicted molar refractivity (Wildman–Crippen MR) is 89.5 cm³/mol. The monoisotopic (exact) mass is 334 g/mol. The Hall–Kier alpha value is -2.34. The zero-order valence-corrected chi connectivity index (χ0v) is 14.1. The molecule has 0 bridgehead atoms. The van der Waals surface area contributed by atoms with Gasteiger partial charge in [0.15, 0.2) is 0 Å². The lowest BCUT2D eigenvalue weighted by Crippen LogP contribution is -2.28. The normalized spacial score (nSPS) is 10.3. The van der Waals surface area contributed by atoms with Crippen LogP contribution in [-0.2, 0) is 17.9 Å². The summed E-state index contributed by atoms with van der Waals surface area (Å²) in [5, 5.41) is 0.325. The number of benzene rings is 1. The molecular formula is C16H19ClN4O2. The number of carbonyl (C=O) groups excluding carboxylic acids is 1. The zero-order valence-electron chi connectivity index (χ0n) is 13.4. The molecule has 1 aromatic carbocycles. The maximum atomic E-state index is 12.1. The fraction of sp³-hybridized carbons (Fsp3) is 0.312. The molecule has 1 aromatic heterocycles. The molecule has 7 heteroatoms. The molecule has 0 fully saturated rings. The molecule has 2 rings (SSSR count). The van der Waals surface area contributed by atoms with Gasteiger partial charge in [-0.1, -0.05) is 41.9 Å². The van der Waals surface area contributed by atoms with Crippen LogP contribution in [0.1, 0.15) is 11.1 Å². The van der Waals surface area contributed by atoms with Crippen LogP contribution in [0.2, 0.25) is 5.15 Å². The first-order valence-corrected chi connectivity index (χ1v) is 7.45. The van der Waals surface area contributed by atoms with Crippen molar-refractivity contribution >= 4 is 23.5 Å². The Kier molecular flexibility index (Phi) is 5.76. The van der Waals surface area contributed by atoms with Gasteiger partial charge in [0.05, 0.1) is 12.1 Å². The van der Waals surface area contributed by atoms with E-state index >= 15 is 0 Å². The Balaban J connectivity index is 2.01. The minimum atomic E-state index is -0.432. The minimum absolute atomic E-state index is 0.226. The number of nitrogens with zero attached hydrogens (tertiary/aromatic N) is 4. The van der Waals surface area contributed by atoms with E-state index in [2.05, 4.69) is 9.97 Å². The van der Waals surface area contributed by atoms with Crippen molar-refractivity contribution in [1.29, 1.82) is 0 Å². The summed E-state index contributed by atoms with van der Waals surface area (Å²) in [6, 6.07) is 9.52. The van der Waals surface area contributed by atoms with Crippen molar-refractivity contribution in [3.63, 3.8) is 0 Å². The Labute approximate surface area is 140 Å². The fourth-order valence-electron chi connectivity index (χ4n) is 2.03. The zero-order chi connectivity index (χ0) is 16.8. The Bertz CT molecular complexity index is 664. The number of halogens is 1. The maximum Gasteiger partial charge on any atom is 0.410 e. The van der Waals surface area contributed by atoms with Crippen LogP contribution in [0, 0.1) is 0 Å². The lowest BCUT2D eigenvalue weighted by molar-refractivity contribution is 0.103. The first-order valence-electron chi connectivity index (χ1n) is 7.07. The molecule has 0 atom stereocenters. The van der Waals surface area contributed by atoms with Crippen LogP contribution < -0.4 is 4.90 Å². The molecule has 0 unspecified atom stereocenters. The largest absolute Gasteiger partial charge is 0.445 e. The van der Waals surface area contributed by atoms with E-state index in [-0.39, 0.29) is 13.2 Å². The predicted octanol–water partition coefficient (Wildman–Crippen LogP) is 2.96. The molecule has 0 spiro atoms. The van der Waals surface area contributed by atoms with Gasteiger partial charge in [0.25, 0.3) is 0 Å². The summed E-state index contributed by atoms with van der Waals surface area (Å²) in [6.45, 7) is 0.490. The van der Waals surface area contributed by atoms with Crippen LogP contribution in [0.4, 0.5) is 10.6 Å². The number of aromatic nitrogens is 2. The molecule has 0 saturated heterocycles. The van der Waals surface area contributed by atoms with Crippen LogP contribution in [-0.4, -0.2) is 42.1 Å². The SMILES string of the molecule is CN(Cc1c(Cl)ncnc1N(C)C)C(=O)OCc1ccccc1. The van der Waals surface area contributed by atoms with Crippen molar-refractivity contribution in [3.05, 3.63) is 52.9 Å². The molecule has 0 N–H and O–H groups in total. The first kappa shape index (κ1) is 17.0. The van der Waals surface area contributed by atoms with E-state index in [1.165, 1.54) is 11.2 Å². The van der Waals surface area contributed by atoms with Gasteiger partial charge in [-0.25, -0.2) is 14.8 Å². The molecule has 2 aromatic rings. The van der Waals surface area contributed by atoms with E-state index in [4.69, 9.17) is 16.3 Å². The van der Waals surface area contributed by atoms with Gasteiger partial charge >= 0.3 is 6.09 Å². The molecule has 0 aliphatic carbocycles. The van der Waals surface area contributed by atoms with Crippen LogP contribution in [0.5, 0.6) is 0 Å². The van der Waals surface area contributed by atoms with Crippen molar-refractivity contribution in [2.24, 2.45) is 0 Å². The molecule has 0 aliphatic rings. The Morgan fingerprint density at radius 1 is 1.17 bits per heavy atom. The van der Waals surface area contributed by atoms with Gasteiger partial charge in [0.1, 0.15) is 23.9 Å². The summed E-state index contributed by atoms with van der Waals surface area (Å²) in [7, 11) is 5.36. The summed E-state index contributed by atoms with van der Waals surface area (Å²) in [6.07, 6.45) is 0.966. The lowest BCUT2D eigenvalue weighted by atomic mass is 10.2. The second kappa shape index (κ2) is 7.78. The molecule has 1 amide bonds.